The van der Waals surface area contributed by atoms with Crippen LogP contribution in [-0.2, 0) is 47.7 Å². The molecule has 2 saturated heterocycles. The first-order valence-corrected chi connectivity index (χ1v) is 13.1. The molecule has 0 aliphatic carbocycles. The van der Waals surface area contributed by atoms with Crippen molar-refractivity contribution in [2.45, 2.75) is 58.3 Å². The summed E-state index contributed by atoms with van der Waals surface area (Å²) in [4.78, 5) is 62.6. The molecule has 214 valence electrons. The molecule has 5 atom stereocenters. The van der Waals surface area contributed by atoms with Crippen LogP contribution in [0.3, 0.4) is 0 Å². The van der Waals surface area contributed by atoms with Gasteiger partial charge in [0.25, 0.3) is 5.91 Å². The van der Waals surface area contributed by atoms with Gasteiger partial charge in [0.15, 0.2) is 40.4 Å². The minimum Gasteiger partial charge on any atom is -0.463 e. The molecular formula is C25H25NO12S2. The van der Waals surface area contributed by atoms with Crippen molar-refractivity contribution in [3.8, 4) is 11.5 Å². The summed E-state index contributed by atoms with van der Waals surface area (Å²) >= 11 is 6.46. The third kappa shape index (κ3) is 6.54. The molecule has 3 heterocycles. The average molecular weight is 596 g/mol. The van der Waals surface area contributed by atoms with Gasteiger partial charge in [0.2, 0.25) is 6.79 Å². The number of esters is 4. The van der Waals surface area contributed by atoms with E-state index in [0.717, 1.165) is 44.4 Å². The quantitative estimate of drug-likeness (QED) is 0.194. The summed E-state index contributed by atoms with van der Waals surface area (Å²) in [6, 6.07) is 5.13. The molecule has 0 radical (unpaired) electrons. The highest BCUT2D eigenvalue weighted by Gasteiger charge is 2.56. The van der Waals surface area contributed by atoms with Crippen molar-refractivity contribution in [2.75, 3.05) is 13.4 Å². The molecule has 2 fully saturated rings. The second kappa shape index (κ2) is 12.2. The van der Waals surface area contributed by atoms with Crippen molar-refractivity contribution in [1.29, 1.82) is 0 Å². The van der Waals surface area contributed by atoms with Crippen molar-refractivity contribution in [2.24, 2.45) is 0 Å². The molecule has 1 amide bonds. The topological polar surface area (TPSA) is 153 Å². The predicted molar refractivity (Wildman–Crippen MR) is 140 cm³/mol. The molecule has 0 unspecified atom stereocenters. The van der Waals surface area contributed by atoms with Crippen LogP contribution in [0.2, 0.25) is 0 Å². The first-order valence-electron chi connectivity index (χ1n) is 11.9. The fourth-order valence-electron chi connectivity index (χ4n) is 4.27. The molecule has 1 aromatic carbocycles. The van der Waals surface area contributed by atoms with Crippen LogP contribution in [0.15, 0.2) is 23.1 Å². The first kappa shape index (κ1) is 29.3. The second-order valence-corrected chi connectivity index (χ2v) is 10.4. The highest BCUT2D eigenvalue weighted by atomic mass is 32.2. The zero-order valence-electron chi connectivity index (χ0n) is 21.8. The number of benzene rings is 1. The van der Waals surface area contributed by atoms with Crippen LogP contribution in [0.25, 0.3) is 6.08 Å². The van der Waals surface area contributed by atoms with E-state index in [2.05, 4.69) is 0 Å². The van der Waals surface area contributed by atoms with Crippen LogP contribution >= 0.6 is 24.0 Å². The van der Waals surface area contributed by atoms with Gasteiger partial charge in [-0.3, -0.25) is 28.9 Å². The van der Waals surface area contributed by atoms with Gasteiger partial charge in [-0.2, -0.15) is 0 Å². The molecule has 15 heteroatoms. The van der Waals surface area contributed by atoms with Crippen molar-refractivity contribution in [3.63, 3.8) is 0 Å². The van der Waals surface area contributed by atoms with Crippen LogP contribution in [0.5, 0.6) is 11.5 Å². The predicted octanol–water partition coefficient (Wildman–Crippen LogP) is 1.70. The van der Waals surface area contributed by atoms with Crippen molar-refractivity contribution in [3.05, 3.63) is 28.7 Å². The minimum absolute atomic E-state index is 0.0536. The van der Waals surface area contributed by atoms with E-state index < -0.39 is 67.0 Å². The second-order valence-electron chi connectivity index (χ2n) is 8.75. The lowest BCUT2D eigenvalue weighted by Gasteiger charge is -2.46. The van der Waals surface area contributed by atoms with Gasteiger partial charge in [-0.15, -0.1) is 0 Å². The molecule has 0 N–H and O–H groups in total. The molecule has 1 aromatic rings. The van der Waals surface area contributed by atoms with Crippen molar-refractivity contribution in [1.82, 2.24) is 4.90 Å². The van der Waals surface area contributed by atoms with Crippen LogP contribution in [0.4, 0.5) is 0 Å². The summed E-state index contributed by atoms with van der Waals surface area (Å²) in [5.74, 6) is -2.52. The van der Waals surface area contributed by atoms with E-state index in [9.17, 15) is 24.0 Å². The number of nitrogens with zero attached hydrogens (tertiary/aromatic N) is 1. The summed E-state index contributed by atoms with van der Waals surface area (Å²) in [5, 5.41) is 0. The number of thiocarbonyl (C=S) groups is 1. The molecule has 0 saturated carbocycles. The Hall–Kier alpha value is -3.69. The number of thioether (sulfide) groups is 1. The number of carbonyl (C=O) groups is 5. The van der Waals surface area contributed by atoms with Crippen LogP contribution < -0.4 is 9.47 Å². The Morgan fingerprint density at radius 1 is 0.950 bits per heavy atom. The van der Waals surface area contributed by atoms with Gasteiger partial charge in [-0.05, 0) is 23.8 Å². The maximum Gasteiger partial charge on any atom is 0.303 e. The summed E-state index contributed by atoms with van der Waals surface area (Å²) < 4.78 is 38.2. The Morgan fingerprint density at radius 3 is 2.23 bits per heavy atom. The number of amides is 1. The first-order chi connectivity index (χ1) is 18.9. The monoisotopic (exact) mass is 595 g/mol. The molecule has 0 spiro atoms. The number of ether oxygens (including phenoxy) is 7. The minimum atomic E-state index is -1.47. The average Bonchev–Trinajstić information content (AvgIpc) is 3.43. The van der Waals surface area contributed by atoms with E-state index in [-0.39, 0.29) is 16.0 Å². The molecule has 3 aliphatic rings. The Balaban J connectivity index is 1.71. The van der Waals surface area contributed by atoms with E-state index in [1.807, 2.05) is 0 Å². The largest absolute Gasteiger partial charge is 0.463 e. The zero-order chi connectivity index (χ0) is 29.1. The van der Waals surface area contributed by atoms with Gasteiger partial charge in [-0.25, -0.2) is 0 Å². The summed E-state index contributed by atoms with van der Waals surface area (Å²) in [6.45, 7) is 4.14. The Labute approximate surface area is 238 Å². The summed E-state index contributed by atoms with van der Waals surface area (Å²) in [7, 11) is 0. The normalized spacial score (nSPS) is 26.4. The van der Waals surface area contributed by atoms with Crippen molar-refractivity contribution < 1.29 is 57.1 Å². The number of fused-ring (bicyclic) bond motifs is 1. The van der Waals surface area contributed by atoms with E-state index in [1.165, 1.54) is 0 Å². The molecule has 40 heavy (non-hydrogen) atoms. The van der Waals surface area contributed by atoms with Crippen LogP contribution in [0, 0.1) is 0 Å². The fraction of sp³-hybridized carbons (Fsp3) is 0.440. The smallest absolute Gasteiger partial charge is 0.303 e. The Kier molecular flexibility index (Phi) is 8.95. The van der Waals surface area contributed by atoms with Gasteiger partial charge in [0.05, 0.1) is 4.91 Å². The lowest BCUT2D eigenvalue weighted by Crippen LogP contribution is -2.66. The molecule has 4 rings (SSSR count). The lowest BCUT2D eigenvalue weighted by atomic mass is 9.96. The highest BCUT2D eigenvalue weighted by Crippen LogP contribution is 2.40. The van der Waals surface area contributed by atoms with Gasteiger partial charge >= 0.3 is 23.9 Å². The number of hydrogen-bond acceptors (Lipinski definition) is 14. The maximum absolute atomic E-state index is 13.6. The number of rotatable bonds is 7. The molecular weight excluding hydrogens is 570 g/mol. The molecule has 13 nitrogen and oxygen atoms in total. The van der Waals surface area contributed by atoms with E-state index in [4.69, 9.17) is 45.4 Å². The number of hydrogen-bond donors (Lipinski definition) is 0. The summed E-state index contributed by atoms with van der Waals surface area (Å²) in [6.07, 6.45) is -5.33. The third-order valence-electron chi connectivity index (χ3n) is 5.74. The SMILES string of the molecule is CC(=O)OC[C@H]1O[C@@H](N2C(=O)/C(=C\c3ccc4c(c3)OCO4)SC2=S)[C@@H](OC(C)=O)[C@@H](OC(C)=O)[C@H]1OC(C)=O. The molecule has 3 aliphatic heterocycles. The third-order valence-corrected chi connectivity index (χ3v) is 7.07. The van der Waals surface area contributed by atoms with Crippen molar-refractivity contribution >= 4 is 64.2 Å². The lowest BCUT2D eigenvalue weighted by molar-refractivity contribution is -0.268. The zero-order valence-corrected chi connectivity index (χ0v) is 23.4. The Bertz CT molecular complexity index is 1280. The van der Waals surface area contributed by atoms with E-state index >= 15 is 0 Å². The standard InChI is InChI=1S/C25H25NO12S2/c1-11(27)32-9-18-20(35-12(2)28)21(36-13(3)29)22(37-14(4)30)24(38-18)26-23(31)19(40-25(26)39)8-15-5-6-16-17(7-15)34-10-33-16/h5-8,18,20-22,24H,9-10H2,1-4H3/b19-8+/t18-,20+,21+,22+,24-/m1/s1. The highest BCUT2D eigenvalue weighted by molar-refractivity contribution is 8.26. The molecule has 0 bridgehead atoms. The molecule has 0 aromatic heterocycles. The number of carbonyl (C=O) groups excluding carboxylic acids is 5. The van der Waals surface area contributed by atoms with Gasteiger partial charge < -0.3 is 33.2 Å². The van der Waals surface area contributed by atoms with Crippen LogP contribution in [-0.4, -0.2) is 83.0 Å². The van der Waals surface area contributed by atoms with E-state index in [1.54, 1.807) is 24.3 Å². The fourth-order valence-corrected chi connectivity index (χ4v) is 5.58. The summed E-state index contributed by atoms with van der Waals surface area (Å²) in [5.41, 5.74) is 0.631. The maximum atomic E-state index is 13.6. The van der Waals surface area contributed by atoms with Gasteiger partial charge in [0, 0.05) is 27.7 Å². The van der Waals surface area contributed by atoms with E-state index in [0.29, 0.717) is 17.1 Å². The van der Waals surface area contributed by atoms with Gasteiger partial charge in [0.1, 0.15) is 12.7 Å². The Morgan fingerprint density at radius 2 is 1.57 bits per heavy atom. The van der Waals surface area contributed by atoms with Gasteiger partial charge in [-0.1, -0.05) is 30.0 Å². The van der Waals surface area contributed by atoms with Crippen LogP contribution in [0.1, 0.15) is 33.3 Å².